The first kappa shape index (κ1) is 14.9. The van der Waals surface area contributed by atoms with Crippen LogP contribution in [0, 0.1) is 17.6 Å². The van der Waals surface area contributed by atoms with Crippen molar-refractivity contribution in [2.24, 2.45) is 5.92 Å². The van der Waals surface area contributed by atoms with Crippen molar-refractivity contribution in [3.63, 3.8) is 0 Å². The molecule has 2 rings (SSSR count). The van der Waals surface area contributed by atoms with Gasteiger partial charge in [-0.15, -0.1) is 0 Å². The summed E-state index contributed by atoms with van der Waals surface area (Å²) < 4.78 is 26.5. The number of amides is 1. The number of carbonyl (C=O) groups excluding carboxylic acids is 1. The maximum absolute atomic E-state index is 13.4. The normalized spacial score (nSPS) is 26.3. The van der Waals surface area contributed by atoms with Crippen LogP contribution in [-0.4, -0.2) is 23.2 Å². The van der Waals surface area contributed by atoms with Gasteiger partial charge in [-0.25, -0.2) is 8.78 Å². The summed E-state index contributed by atoms with van der Waals surface area (Å²) in [6, 6.07) is 2.74. The zero-order valence-corrected chi connectivity index (χ0v) is 11.5. The summed E-state index contributed by atoms with van der Waals surface area (Å²) in [5.74, 6) is -1.56. The Morgan fingerprint density at radius 2 is 2.05 bits per heavy atom. The minimum atomic E-state index is -0.939. The van der Waals surface area contributed by atoms with Crippen LogP contribution in [0.4, 0.5) is 8.78 Å². The highest BCUT2D eigenvalue weighted by molar-refractivity contribution is 5.94. The van der Waals surface area contributed by atoms with Gasteiger partial charge < -0.3 is 10.4 Å². The van der Waals surface area contributed by atoms with E-state index in [1.165, 1.54) is 0 Å². The summed E-state index contributed by atoms with van der Waals surface area (Å²) in [4.78, 5) is 11.8. The standard InChI is InChI=1S/C15H19F2NO2/c1-10-4-6-15(20,7-5-10)9-18-14(19)12-8-11(16)2-3-13(12)17/h2-3,8,10,20H,4-7,9H2,1H3,(H,18,19). The second-order valence-corrected chi connectivity index (χ2v) is 5.71. The molecule has 0 radical (unpaired) electrons. The lowest BCUT2D eigenvalue weighted by Crippen LogP contribution is -2.45. The smallest absolute Gasteiger partial charge is 0.254 e. The average Bonchev–Trinajstić information content (AvgIpc) is 2.43. The lowest BCUT2D eigenvalue weighted by Gasteiger charge is -2.34. The third-order valence-electron chi connectivity index (χ3n) is 3.96. The lowest BCUT2D eigenvalue weighted by molar-refractivity contribution is -0.00543. The van der Waals surface area contributed by atoms with Gasteiger partial charge in [-0.05, 0) is 49.8 Å². The Hall–Kier alpha value is -1.49. The van der Waals surface area contributed by atoms with E-state index in [-0.39, 0.29) is 12.1 Å². The quantitative estimate of drug-likeness (QED) is 0.896. The number of hydrogen-bond donors (Lipinski definition) is 2. The first-order valence-electron chi connectivity index (χ1n) is 6.85. The molecule has 20 heavy (non-hydrogen) atoms. The maximum atomic E-state index is 13.4. The third-order valence-corrected chi connectivity index (χ3v) is 3.96. The SMILES string of the molecule is CC1CCC(O)(CNC(=O)c2cc(F)ccc2F)CC1. The van der Waals surface area contributed by atoms with E-state index in [2.05, 4.69) is 12.2 Å². The molecule has 0 atom stereocenters. The highest BCUT2D eigenvalue weighted by Crippen LogP contribution is 2.31. The maximum Gasteiger partial charge on any atom is 0.254 e. The van der Waals surface area contributed by atoms with Gasteiger partial charge in [0.1, 0.15) is 11.6 Å². The molecule has 0 heterocycles. The van der Waals surface area contributed by atoms with Crippen molar-refractivity contribution in [2.45, 2.75) is 38.2 Å². The van der Waals surface area contributed by atoms with Gasteiger partial charge in [-0.2, -0.15) is 0 Å². The van der Waals surface area contributed by atoms with E-state index in [4.69, 9.17) is 0 Å². The molecule has 3 nitrogen and oxygen atoms in total. The van der Waals surface area contributed by atoms with E-state index in [1.807, 2.05) is 0 Å². The molecular formula is C15H19F2NO2. The molecule has 0 aliphatic heterocycles. The number of aliphatic hydroxyl groups is 1. The second kappa shape index (κ2) is 5.87. The number of carbonyl (C=O) groups is 1. The molecule has 2 N–H and O–H groups in total. The Bertz CT molecular complexity index is 497. The van der Waals surface area contributed by atoms with E-state index in [1.54, 1.807) is 0 Å². The highest BCUT2D eigenvalue weighted by Gasteiger charge is 2.32. The molecule has 5 heteroatoms. The van der Waals surface area contributed by atoms with Crippen molar-refractivity contribution in [3.8, 4) is 0 Å². The monoisotopic (exact) mass is 283 g/mol. The third kappa shape index (κ3) is 3.54. The van der Waals surface area contributed by atoms with Crippen LogP contribution in [0.25, 0.3) is 0 Å². The predicted octanol–water partition coefficient (Wildman–Crippen LogP) is 2.64. The molecule has 1 aliphatic rings. The summed E-state index contributed by atoms with van der Waals surface area (Å²) in [7, 11) is 0. The molecular weight excluding hydrogens is 264 g/mol. The van der Waals surface area contributed by atoms with Crippen molar-refractivity contribution < 1.29 is 18.7 Å². The van der Waals surface area contributed by atoms with Crippen molar-refractivity contribution in [1.82, 2.24) is 5.32 Å². The van der Waals surface area contributed by atoms with Crippen LogP contribution in [0.1, 0.15) is 43.0 Å². The average molecular weight is 283 g/mol. The predicted molar refractivity (Wildman–Crippen MR) is 71.3 cm³/mol. The Morgan fingerprint density at radius 1 is 1.40 bits per heavy atom. The van der Waals surface area contributed by atoms with Crippen molar-refractivity contribution in [3.05, 3.63) is 35.4 Å². The second-order valence-electron chi connectivity index (χ2n) is 5.71. The van der Waals surface area contributed by atoms with Crippen molar-refractivity contribution in [1.29, 1.82) is 0 Å². The first-order valence-corrected chi connectivity index (χ1v) is 6.85. The Balaban J connectivity index is 1.97. The van der Waals surface area contributed by atoms with Gasteiger partial charge in [0.15, 0.2) is 0 Å². The number of nitrogens with one attached hydrogen (secondary N) is 1. The molecule has 1 aliphatic carbocycles. The fourth-order valence-corrected chi connectivity index (χ4v) is 2.49. The highest BCUT2D eigenvalue weighted by atomic mass is 19.1. The number of hydrogen-bond acceptors (Lipinski definition) is 2. The van der Waals surface area contributed by atoms with E-state index in [0.717, 1.165) is 31.0 Å². The lowest BCUT2D eigenvalue weighted by atomic mass is 9.79. The molecule has 1 saturated carbocycles. The summed E-state index contributed by atoms with van der Waals surface area (Å²) in [6.45, 7) is 2.19. The summed E-state index contributed by atoms with van der Waals surface area (Å²) in [6.07, 6.45) is 3.03. The van der Waals surface area contributed by atoms with Gasteiger partial charge in [0.25, 0.3) is 5.91 Å². The molecule has 1 fully saturated rings. The summed E-state index contributed by atoms with van der Waals surface area (Å²) in [5, 5.41) is 12.8. The molecule has 0 bridgehead atoms. The van der Waals surface area contributed by atoms with E-state index in [9.17, 15) is 18.7 Å². The fraction of sp³-hybridized carbons (Fsp3) is 0.533. The minimum absolute atomic E-state index is 0.0640. The van der Waals surface area contributed by atoms with Crippen LogP contribution in [0.5, 0.6) is 0 Å². The number of halogens is 2. The topological polar surface area (TPSA) is 49.3 Å². The molecule has 0 unspecified atom stereocenters. The van der Waals surface area contributed by atoms with Gasteiger partial charge in [0.2, 0.25) is 0 Å². The fourth-order valence-electron chi connectivity index (χ4n) is 2.49. The van der Waals surface area contributed by atoms with Crippen LogP contribution < -0.4 is 5.32 Å². The first-order chi connectivity index (χ1) is 9.39. The largest absolute Gasteiger partial charge is 0.388 e. The Labute approximate surface area is 117 Å². The molecule has 0 saturated heterocycles. The zero-order valence-electron chi connectivity index (χ0n) is 11.5. The molecule has 1 amide bonds. The van der Waals surface area contributed by atoms with Gasteiger partial charge in [0.05, 0.1) is 11.2 Å². The van der Waals surface area contributed by atoms with Gasteiger partial charge in [-0.3, -0.25) is 4.79 Å². The molecule has 1 aromatic rings. The van der Waals surface area contributed by atoms with Crippen molar-refractivity contribution >= 4 is 5.91 Å². The van der Waals surface area contributed by atoms with Gasteiger partial charge >= 0.3 is 0 Å². The van der Waals surface area contributed by atoms with Crippen LogP contribution in [-0.2, 0) is 0 Å². The van der Waals surface area contributed by atoms with E-state index >= 15 is 0 Å². The van der Waals surface area contributed by atoms with Crippen LogP contribution in [0.15, 0.2) is 18.2 Å². The summed E-state index contributed by atoms with van der Waals surface area (Å²) in [5.41, 5.74) is -1.27. The van der Waals surface area contributed by atoms with Crippen LogP contribution in [0.3, 0.4) is 0 Å². The minimum Gasteiger partial charge on any atom is -0.388 e. The Morgan fingerprint density at radius 3 is 2.70 bits per heavy atom. The molecule has 1 aromatic carbocycles. The van der Waals surface area contributed by atoms with Crippen LogP contribution in [0.2, 0.25) is 0 Å². The van der Waals surface area contributed by atoms with Crippen molar-refractivity contribution in [2.75, 3.05) is 6.54 Å². The number of rotatable bonds is 3. The molecule has 0 aromatic heterocycles. The zero-order chi connectivity index (χ0) is 14.8. The number of benzene rings is 1. The summed E-state index contributed by atoms with van der Waals surface area (Å²) >= 11 is 0. The van der Waals surface area contributed by atoms with E-state index < -0.39 is 23.1 Å². The molecule has 0 spiro atoms. The van der Waals surface area contributed by atoms with Gasteiger partial charge in [0, 0.05) is 6.54 Å². The van der Waals surface area contributed by atoms with Gasteiger partial charge in [-0.1, -0.05) is 6.92 Å². The van der Waals surface area contributed by atoms with E-state index in [0.29, 0.717) is 18.8 Å². The molecule has 110 valence electrons. The Kier molecular flexibility index (Phi) is 4.38. The van der Waals surface area contributed by atoms with Crippen LogP contribution >= 0.6 is 0 Å².